The Morgan fingerprint density at radius 3 is 1.62 bits per heavy atom. The van der Waals surface area contributed by atoms with Gasteiger partial charge in [-0.2, -0.15) is 0 Å². The average molecular weight is 214 g/mol. The SMILES string of the molecule is O=P(O)(O)O[SiH3].[AlH3].[Fe]. The molecule has 0 heterocycles. The molecular weight excluding hydrogens is 206 g/mol. The van der Waals surface area contributed by atoms with E-state index in [0.717, 1.165) is 0 Å². The van der Waals surface area contributed by atoms with Crippen LogP contribution in [0.25, 0.3) is 0 Å². The van der Waals surface area contributed by atoms with Gasteiger partial charge >= 0.3 is 7.82 Å². The Hall–Kier alpha value is 1.38. The largest absolute Gasteiger partial charge is 0.458 e. The second kappa shape index (κ2) is 6.50. The first-order valence-electron chi connectivity index (χ1n) is 1.17. The van der Waals surface area contributed by atoms with Crippen LogP contribution in [0.1, 0.15) is 0 Å². The van der Waals surface area contributed by atoms with Crippen molar-refractivity contribution in [2.75, 3.05) is 0 Å². The van der Waals surface area contributed by atoms with E-state index in [2.05, 4.69) is 4.21 Å². The molecule has 0 aromatic carbocycles. The zero-order chi connectivity index (χ0) is 5.21. The van der Waals surface area contributed by atoms with Gasteiger partial charge in [0.25, 0.3) is 0 Å². The molecule has 0 atom stereocenters. The maximum Gasteiger partial charge on any atom is 0.458 e. The van der Waals surface area contributed by atoms with E-state index in [0.29, 0.717) is 0 Å². The zero-order valence-electron chi connectivity index (χ0n) is 3.51. The van der Waals surface area contributed by atoms with Crippen LogP contribution in [-0.2, 0) is 25.8 Å². The quantitative estimate of drug-likeness (QED) is 0.365. The minimum absolute atomic E-state index is 0. The van der Waals surface area contributed by atoms with Crippen molar-refractivity contribution in [2.45, 2.75) is 0 Å². The van der Waals surface area contributed by atoms with Crippen molar-refractivity contribution in [3.63, 3.8) is 0 Å². The summed E-state index contributed by atoms with van der Waals surface area (Å²) >= 11 is 0. The van der Waals surface area contributed by atoms with Crippen molar-refractivity contribution in [1.29, 1.82) is 0 Å². The predicted molar refractivity (Wildman–Crippen MR) is 33.0 cm³/mol. The van der Waals surface area contributed by atoms with E-state index >= 15 is 0 Å². The van der Waals surface area contributed by atoms with Gasteiger partial charge in [-0.25, -0.2) is 4.57 Å². The van der Waals surface area contributed by atoms with Crippen LogP contribution in [0.2, 0.25) is 0 Å². The van der Waals surface area contributed by atoms with Crippen molar-refractivity contribution < 1.29 is 35.6 Å². The Kier molecular flexibility index (Phi) is 13.1. The molecule has 0 aliphatic heterocycles. The number of hydrogen-bond donors (Lipinski definition) is 2. The van der Waals surface area contributed by atoms with Gasteiger partial charge in [0.1, 0.15) is 0 Å². The fraction of sp³-hybridized carbons (Fsp3) is 0. The molecule has 4 nitrogen and oxygen atoms in total. The molecule has 0 bridgehead atoms. The monoisotopic (exact) mass is 214 g/mol. The third-order valence-electron chi connectivity index (χ3n) is 0.238. The Balaban J connectivity index is -0.000000125. The maximum absolute atomic E-state index is 9.51. The number of rotatable bonds is 1. The molecule has 52 valence electrons. The Bertz CT molecular complexity index is 80.1. The minimum Gasteiger partial charge on any atom is -0.342 e. The van der Waals surface area contributed by atoms with Gasteiger partial charge in [0.2, 0.25) is 0 Å². The van der Waals surface area contributed by atoms with Crippen LogP contribution in [0.3, 0.4) is 0 Å². The fourth-order valence-corrected chi connectivity index (χ4v) is 0. The molecule has 0 rings (SSSR count). The second-order valence-electron chi connectivity index (χ2n) is 0.673. The van der Waals surface area contributed by atoms with Gasteiger partial charge < -0.3 is 14.0 Å². The molecule has 8 heavy (non-hydrogen) atoms. The molecule has 0 aromatic rings. The van der Waals surface area contributed by atoms with Gasteiger partial charge in [0.15, 0.2) is 27.8 Å². The molecule has 0 saturated carbocycles. The molecule has 0 radical (unpaired) electrons. The summed E-state index contributed by atoms with van der Waals surface area (Å²) in [6.45, 7) is 0. The first-order chi connectivity index (χ1) is 2.56. The Morgan fingerprint density at radius 1 is 1.50 bits per heavy atom. The molecular formula is H8AlFeO4PSi. The van der Waals surface area contributed by atoms with Crippen molar-refractivity contribution in [3.05, 3.63) is 0 Å². The molecule has 0 fully saturated rings. The summed E-state index contributed by atoms with van der Waals surface area (Å²) in [5.74, 6) is 0. The van der Waals surface area contributed by atoms with E-state index in [9.17, 15) is 4.57 Å². The normalized spacial score (nSPS) is 9.25. The van der Waals surface area contributed by atoms with E-state index in [4.69, 9.17) is 9.79 Å². The molecule has 2 N–H and O–H groups in total. The van der Waals surface area contributed by atoms with Crippen LogP contribution in [0.5, 0.6) is 0 Å². The van der Waals surface area contributed by atoms with Crippen molar-refractivity contribution in [1.82, 2.24) is 0 Å². The third-order valence-corrected chi connectivity index (χ3v) is 2.14. The first-order valence-corrected chi connectivity index (χ1v) is 3.52. The van der Waals surface area contributed by atoms with Crippen LogP contribution >= 0.6 is 7.82 Å². The molecule has 0 saturated heterocycles. The summed E-state index contributed by atoms with van der Waals surface area (Å²) in [5.41, 5.74) is 0. The molecule has 0 aliphatic carbocycles. The Morgan fingerprint density at radius 2 is 1.62 bits per heavy atom. The van der Waals surface area contributed by atoms with Gasteiger partial charge in [-0.05, 0) is 0 Å². The van der Waals surface area contributed by atoms with Crippen LogP contribution in [0.15, 0.2) is 0 Å². The summed E-state index contributed by atoms with van der Waals surface area (Å²) in [4.78, 5) is 15.5. The maximum atomic E-state index is 9.51. The van der Waals surface area contributed by atoms with Gasteiger partial charge in [-0.15, -0.1) is 0 Å². The Labute approximate surface area is 71.4 Å². The predicted octanol–water partition coefficient (Wildman–Crippen LogP) is -2.81. The van der Waals surface area contributed by atoms with Gasteiger partial charge in [0, 0.05) is 17.1 Å². The summed E-state index contributed by atoms with van der Waals surface area (Å²) in [6.07, 6.45) is 0. The fourth-order valence-electron chi connectivity index (χ4n) is 0. The van der Waals surface area contributed by atoms with Gasteiger partial charge in [-0.1, -0.05) is 0 Å². The van der Waals surface area contributed by atoms with E-state index in [1.165, 1.54) is 0 Å². The summed E-state index contributed by atoms with van der Waals surface area (Å²) in [7, 11) is -4.00. The molecule has 0 aromatic heterocycles. The van der Waals surface area contributed by atoms with Gasteiger partial charge in [-0.3, -0.25) is 0 Å². The van der Waals surface area contributed by atoms with Crippen LogP contribution in [0, 0.1) is 0 Å². The molecule has 8 heteroatoms. The van der Waals surface area contributed by atoms with E-state index in [1.807, 2.05) is 0 Å². The molecule has 0 unspecified atom stereocenters. The summed E-state index contributed by atoms with van der Waals surface area (Å²) in [6, 6.07) is 0. The van der Waals surface area contributed by atoms with E-state index in [1.54, 1.807) is 0 Å². The molecule has 0 aliphatic rings. The van der Waals surface area contributed by atoms with Gasteiger partial charge in [0.05, 0.1) is 0 Å². The number of phosphoric acid groups is 1. The van der Waals surface area contributed by atoms with Crippen molar-refractivity contribution in [2.24, 2.45) is 0 Å². The zero-order valence-corrected chi connectivity index (χ0v) is 7.51. The van der Waals surface area contributed by atoms with Crippen molar-refractivity contribution in [3.8, 4) is 0 Å². The summed E-state index contributed by atoms with van der Waals surface area (Å²) in [5, 5.41) is 0. The smallest absolute Gasteiger partial charge is 0.342 e. The second-order valence-corrected chi connectivity index (χ2v) is 3.11. The minimum atomic E-state index is -4.08. The van der Waals surface area contributed by atoms with Crippen LogP contribution in [0.4, 0.5) is 0 Å². The third kappa shape index (κ3) is 15.7. The first kappa shape index (κ1) is 16.2. The standard InChI is InChI=1S/Al.Fe.H5O4PSi.3H/c;;1-5(2,3)4-6;;;/h;;6H3,(H2,1,2,3);;;. The molecule has 0 amide bonds. The topological polar surface area (TPSA) is 66.8 Å². The van der Waals surface area contributed by atoms with Crippen LogP contribution < -0.4 is 0 Å². The van der Waals surface area contributed by atoms with E-state index < -0.39 is 7.82 Å². The van der Waals surface area contributed by atoms with Crippen LogP contribution in [-0.4, -0.2) is 37.6 Å². The van der Waals surface area contributed by atoms with Crippen molar-refractivity contribution >= 4 is 35.7 Å². The van der Waals surface area contributed by atoms with E-state index in [-0.39, 0.29) is 44.9 Å². The number of hydrogen-bond acceptors (Lipinski definition) is 2. The average Bonchev–Trinajstić information content (AvgIpc) is 1.35. The molecule has 0 spiro atoms. The summed E-state index contributed by atoms with van der Waals surface area (Å²) < 4.78 is 13.2.